The van der Waals surface area contributed by atoms with Crippen molar-refractivity contribution in [1.82, 2.24) is 0 Å². The fraction of sp³-hybridized carbons (Fsp3) is 1.00. The van der Waals surface area contributed by atoms with Crippen molar-refractivity contribution >= 4 is 0 Å². The van der Waals surface area contributed by atoms with Crippen molar-refractivity contribution in [3.63, 3.8) is 0 Å². The molecule has 1 aliphatic carbocycles. The third kappa shape index (κ3) is 7.08. The largest absolute Gasteiger partial charge is 0.327 e. The predicted octanol–water partition coefficient (Wildman–Crippen LogP) is 5.03. The molecule has 1 aliphatic rings. The normalized spacial score (nSPS) is 20.1. The Bertz CT molecular complexity index is 159. The maximum atomic E-state index is 6.36. The van der Waals surface area contributed by atoms with Crippen molar-refractivity contribution in [3.05, 3.63) is 0 Å². The minimum Gasteiger partial charge on any atom is -0.327 e. The van der Waals surface area contributed by atoms with Gasteiger partial charge >= 0.3 is 0 Å². The van der Waals surface area contributed by atoms with Crippen molar-refractivity contribution in [1.29, 1.82) is 0 Å². The highest BCUT2D eigenvalue weighted by Crippen LogP contribution is 2.26. The zero-order chi connectivity index (χ0) is 12.3. The third-order valence-corrected chi connectivity index (χ3v) is 4.40. The quantitative estimate of drug-likeness (QED) is 0.466. The summed E-state index contributed by atoms with van der Waals surface area (Å²) < 4.78 is 0. The number of nitrogens with two attached hydrogens (primary N) is 1. The number of rotatable bonds is 8. The van der Waals surface area contributed by atoms with E-state index in [2.05, 4.69) is 6.92 Å². The van der Waals surface area contributed by atoms with Crippen LogP contribution in [-0.2, 0) is 0 Å². The van der Waals surface area contributed by atoms with Crippen LogP contribution in [0.15, 0.2) is 0 Å². The van der Waals surface area contributed by atoms with Crippen LogP contribution in [0.2, 0.25) is 0 Å². The second kappa shape index (κ2) is 9.94. The first kappa shape index (κ1) is 15.0. The molecule has 102 valence electrons. The molecule has 1 atom stereocenters. The molecule has 0 aromatic rings. The Morgan fingerprint density at radius 1 is 0.882 bits per heavy atom. The predicted molar refractivity (Wildman–Crippen MR) is 77.2 cm³/mol. The van der Waals surface area contributed by atoms with E-state index in [-0.39, 0.29) is 0 Å². The third-order valence-electron chi connectivity index (χ3n) is 4.40. The lowest BCUT2D eigenvalue weighted by Gasteiger charge is -2.22. The highest BCUT2D eigenvalue weighted by Gasteiger charge is 2.18. The van der Waals surface area contributed by atoms with Gasteiger partial charge in [0.25, 0.3) is 0 Å². The van der Waals surface area contributed by atoms with E-state index in [1.165, 1.54) is 83.5 Å². The lowest BCUT2D eigenvalue weighted by atomic mass is 9.89. The molecule has 17 heavy (non-hydrogen) atoms. The molecule has 0 heterocycles. The van der Waals surface area contributed by atoms with Crippen LogP contribution in [0.25, 0.3) is 0 Å². The number of hydrogen-bond acceptors (Lipinski definition) is 1. The zero-order valence-electron chi connectivity index (χ0n) is 11.9. The van der Waals surface area contributed by atoms with Gasteiger partial charge in [-0.15, -0.1) is 0 Å². The van der Waals surface area contributed by atoms with Gasteiger partial charge in [-0.1, -0.05) is 71.1 Å². The molecular weight excluding hydrogens is 206 g/mol. The molecule has 0 saturated heterocycles. The average Bonchev–Trinajstić information content (AvgIpc) is 2.62. The molecule has 1 unspecified atom stereocenters. The Morgan fingerprint density at radius 2 is 1.47 bits per heavy atom. The van der Waals surface area contributed by atoms with E-state index in [4.69, 9.17) is 5.73 Å². The summed E-state index contributed by atoms with van der Waals surface area (Å²) in [5.41, 5.74) is 6.36. The number of hydrogen-bond donors (Lipinski definition) is 1. The Balaban J connectivity index is 2.01. The van der Waals surface area contributed by atoms with Crippen LogP contribution in [0.3, 0.4) is 0 Å². The summed E-state index contributed by atoms with van der Waals surface area (Å²) in [5, 5.41) is 0. The topological polar surface area (TPSA) is 26.0 Å². The second-order valence-electron chi connectivity index (χ2n) is 5.97. The van der Waals surface area contributed by atoms with E-state index in [1.807, 2.05) is 0 Å². The Morgan fingerprint density at radius 3 is 2.12 bits per heavy atom. The lowest BCUT2D eigenvalue weighted by molar-refractivity contribution is 0.349. The molecule has 1 heteroatoms. The molecule has 0 amide bonds. The molecule has 0 radical (unpaired) electrons. The van der Waals surface area contributed by atoms with Gasteiger partial charge in [-0.05, 0) is 25.2 Å². The van der Waals surface area contributed by atoms with Crippen LogP contribution in [0.5, 0.6) is 0 Å². The fourth-order valence-corrected chi connectivity index (χ4v) is 3.14. The van der Waals surface area contributed by atoms with Crippen LogP contribution < -0.4 is 5.73 Å². The maximum absolute atomic E-state index is 6.36. The molecule has 0 bridgehead atoms. The van der Waals surface area contributed by atoms with Gasteiger partial charge in [0, 0.05) is 6.04 Å². The molecule has 0 spiro atoms. The monoisotopic (exact) mass is 239 g/mol. The van der Waals surface area contributed by atoms with Gasteiger partial charge in [-0.2, -0.15) is 0 Å². The lowest BCUT2D eigenvalue weighted by Crippen LogP contribution is -2.29. The van der Waals surface area contributed by atoms with Crippen molar-refractivity contribution in [2.24, 2.45) is 11.7 Å². The summed E-state index contributed by atoms with van der Waals surface area (Å²) in [4.78, 5) is 0. The van der Waals surface area contributed by atoms with E-state index >= 15 is 0 Å². The highest BCUT2D eigenvalue weighted by atomic mass is 14.6. The van der Waals surface area contributed by atoms with E-state index in [0.29, 0.717) is 6.04 Å². The molecular formula is C16H33N. The Hall–Kier alpha value is -0.0400. The minimum absolute atomic E-state index is 0.499. The van der Waals surface area contributed by atoms with E-state index in [9.17, 15) is 0 Å². The summed E-state index contributed by atoms with van der Waals surface area (Å²) in [7, 11) is 0. The standard InChI is InChI=1S/C16H33N/c1-2-3-4-5-6-11-14-16(17)15-12-9-7-8-10-13-15/h15-16H,2-14,17H2,1H3. The Kier molecular flexibility index (Phi) is 8.78. The molecule has 1 fully saturated rings. The average molecular weight is 239 g/mol. The van der Waals surface area contributed by atoms with E-state index in [1.54, 1.807) is 0 Å². The van der Waals surface area contributed by atoms with Crippen molar-refractivity contribution < 1.29 is 0 Å². The molecule has 1 rings (SSSR count). The van der Waals surface area contributed by atoms with Gasteiger partial charge in [0.05, 0.1) is 0 Å². The first-order valence-corrected chi connectivity index (χ1v) is 8.10. The van der Waals surface area contributed by atoms with Crippen molar-refractivity contribution in [2.75, 3.05) is 0 Å². The summed E-state index contributed by atoms with van der Waals surface area (Å²) in [6.07, 6.45) is 18.2. The van der Waals surface area contributed by atoms with Gasteiger partial charge < -0.3 is 5.73 Å². The zero-order valence-corrected chi connectivity index (χ0v) is 11.9. The molecule has 1 saturated carbocycles. The smallest absolute Gasteiger partial charge is 0.00671 e. The van der Waals surface area contributed by atoms with Gasteiger partial charge in [0.2, 0.25) is 0 Å². The second-order valence-corrected chi connectivity index (χ2v) is 5.97. The van der Waals surface area contributed by atoms with Crippen LogP contribution in [-0.4, -0.2) is 6.04 Å². The molecule has 0 aromatic heterocycles. The number of unbranched alkanes of at least 4 members (excludes halogenated alkanes) is 5. The molecule has 2 N–H and O–H groups in total. The van der Waals surface area contributed by atoms with Crippen molar-refractivity contribution in [2.45, 2.75) is 96.4 Å². The molecule has 0 aromatic carbocycles. The van der Waals surface area contributed by atoms with Crippen LogP contribution >= 0.6 is 0 Å². The van der Waals surface area contributed by atoms with Gasteiger partial charge in [-0.25, -0.2) is 0 Å². The highest BCUT2D eigenvalue weighted by molar-refractivity contribution is 4.75. The first-order chi connectivity index (χ1) is 8.34. The maximum Gasteiger partial charge on any atom is 0.00671 e. The van der Waals surface area contributed by atoms with Crippen molar-refractivity contribution in [3.8, 4) is 0 Å². The molecule has 1 nitrogen and oxygen atoms in total. The van der Waals surface area contributed by atoms with Crippen LogP contribution in [0, 0.1) is 5.92 Å². The summed E-state index contributed by atoms with van der Waals surface area (Å²) >= 11 is 0. The van der Waals surface area contributed by atoms with E-state index in [0.717, 1.165) is 5.92 Å². The summed E-state index contributed by atoms with van der Waals surface area (Å²) in [6.45, 7) is 2.28. The van der Waals surface area contributed by atoms with Crippen LogP contribution in [0.1, 0.15) is 90.4 Å². The van der Waals surface area contributed by atoms with Gasteiger partial charge in [-0.3, -0.25) is 0 Å². The van der Waals surface area contributed by atoms with Gasteiger partial charge in [0.15, 0.2) is 0 Å². The Labute approximate surface area is 109 Å². The SMILES string of the molecule is CCCCCCCCC(N)C1CCCCCC1. The first-order valence-electron chi connectivity index (χ1n) is 8.10. The summed E-state index contributed by atoms with van der Waals surface area (Å²) in [5.74, 6) is 0.841. The summed E-state index contributed by atoms with van der Waals surface area (Å²) in [6, 6.07) is 0.499. The van der Waals surface area contributed by atoms with Crippen LogP contribution in [0.4, 0.5) is 0 Å². The molecule has 0 aliphatic heterocycles. The van der Waals surface area contributed by atoms with E-state index < -0.39 is 0 Å². The fourth-order valence-electron chi connectivity index (χ4n) is 3.14. The minimum atomic E-state index is 0.499. The van der Waals surface area contributed by atoms with Gasteiger partial charge in [0.1, 0.15) is 0 Å².